The van der Waals surface area contributed by atoms with E-state index in [1.165, 1.54) is 31.4 Å². The number of hydrogen-bond donors (Lipinski definition) is 1. The zero-order chi connectivity index (χ0) is 19.1. The van der Waals surface area contributed by atoms with Crippen LogP contribution in [0, 0.1) is 6.92 Å². The predicted octanol–water partition coefficient (Wildman–Crippen LogP) is 4.28. The Labute approximate surface area is 163 Å². The van der Waals surface area contributed by atoms with E-state index in [-0.39, 0.29) is 15.7 Å². The first-order valence-electron chi connectivity index (χ1n) is 7.31. The highest BCUT2D eigenvalue weighted by atomic mass is 79.9. The van der Waals surface area contributed by atoms with Crippen molar-refractivity contribution in [3.05, 3.63) is 57.2 Å². The quantitative estimate of drug-likeness (QED) is 0.630. The first-order valence-corrected chi connectivity index (χ1v) is 9.97. The van der Waals surface area contributed by atoms with Crippen LogP contribution < -0.4 is 9.46 Å². The van der Waals surface area contributed by atoms with Crippen LogP contribution in [0.15, 0.2) is 50.2 Å². The maximum absolute atomic E-state index is 12.5. The molecular weight excluding hydrogens is 446 g/mol. The number of rotatable bonds is 4. The van der Waals surface area contributed by atoms with Crippen molar-refractivity contribution in [3.63, 3.8) is 0 Å². The van der Waals surface area contributed by atoms with E-state index in [1.807, 2.05) is 17.7 Å². The molecule has 2 aromatic carbocycles. The SMILES string of the molecule is COc1ccc(Cl)c(S(=O)(=O)NC(=O)c2cc3cc(Br)cc(C)c3o2)c1. The summed E-state index contributed by atoms with van der Waals surface area (Å²) in [6.45, 7) is 1.82. The number of aryl methyl sites for hydroxylation is 1. The standard InChI is InChI=1S/C17H13BrClNO5S/c1-9-5-11(18)6-10-7-14(25-16(9)10)17(21)20-26(22,23)15-8-12(24-2)3-4-13(15)19/h3-8H,1-2H3,(H,20,21). The Morgan fingerprint density at radius 1 is 1.23 bits per heavy atom. The molecule has 136 valence electrons. The maximum Gasteiger partial charge on any atom is 0.300 e. The molecule has 9 heteroatoms. The van der Waals surface area contributed by atoms with Gasteiger partial charge in [-0.25, -0.2) is 13.1 Å². The molecule has 1 heterocycles. The second-order valence-corrected chi connectivity index (χ2v) is 8.46. The molecule has 3 rings (SSSR count). The molecule has 26 heavy (non-hydrogen) atoms. The monoisotopic (exact) mass is 457 g/mol. The molecule has 1 amide bonds. The molecule has 6 nitrogen and oxygen atoms in total. The number of carbonyl (C=O) groups excluding carboxylic acids is 1. The molecule has 1 aromatic heterocycles. The molecule has 0 bridgehead atoms. The number of furan rings is 1. The van der Waals surface area contributed by atoms with Crippen LogP contribution in [0.5, 0.6) is 5.75 Å². The summed E-state index contributed by atoms with van der Waals surface area (Å²) in [7, 11) is -2.81. The summed E-state index contributed by atoms with van der Waals surface area (Å²) in [5.41, 5.74) is 1.32. The van der Waals surface area contributed by atoms with Gasteiger partial charge in [-0.2, -0.15) is 0 Å². The Balaban J connectivity index is 1.95. The average Bonchev–Trinajstić information content (AvgIpc) is 2.99. The Morgan fingerprint density at radius 2 is 1.96 bits per heavy atom. The smallest absolute Gasteiger partial charge is 0.300 e. The Bertz CT molecular complexity index is 1120. The van der Waals surface area contributed by atoms with Crippen LogP contribution in [0.1, 0.15) is 16.1 Å². The number of fused-ring (bicyclic) bond motifs is 1. The normalized spacial score (nSPS) is 11.5. The zero-order valence-electron chi connectivity index (χ0n) is 13.7. The van der Waals surface area contributed by atoms with E-state index in [9.17, 15) is 13.2 Å². The molecule has 0 fully saturated rings. The minimum Gasteiger partial charge on any atom is -0.497 e. The first kappa shape index (κ1) is 18.8. The van der Waals surface area contributed by atoms with Crippen molar-refractivity contribution < 1.29 is 22.4 Å². The maximum atomic E-state index is 12.5. The van der Waals surface area contributed by atoms with Gasteiger partial charge < -0.3 is 9.15 Å². The van der Waals surface area contributed by atoms with E-state index in [4.69, 9.17) is 20.8 Å². The van der Waals surface area contributed by atoms with E-state index in [2.05, 4.69) is 15.9 Å². The van der Waals surface area contributed by atoms with Gasteiger partial charge in [0.1, 0.15) is 16.2 Å². The summed E-state index contributed by atoms with van der Waals surface area (Å²) < 4.78 is 38.3. The minimum atomic E-state index is -4.21. The molecule has 0 saturated heterocycles. The van der Waals surface area contributed by atoms with E-state index in [1.54, 1.807) is 6.07 Å². The molecule has 0 aliphatic carbocycles. The number of sulfonamides is 1. The van der Waals surface area contributed by atoms with Crippen LogP contribution in [0.25, 0.3) is 11.0 Å². The summed E-state index contributed by atoms with van der Waals surface area (Å²) in [4.78, 5) is 12.1. The molecule has 0 atom stereocenters. The molecular formula is C17H13BrClNO5S. The highest BCUT2D eigenvalue weighted by molar-refractivity contribution is 9.10. The van der Waals surface area contributed by atoms with E-state index < -0.39 is 15.9 Å². The largest absolute Gasteiger partial charge is 0.497 e. The van der Waals surface area contributed by atoms with E-state index in [0.717, 1.165) is 10.0 Å². The summed E-state index contributed by atoms with van der Waals surface area (Å²) in [5.74, 6) is -0.717. The van der Waals surface area contributed by atoms with Crippen LogP contribution in [0.2, 0.25) is 5.02 Å². The summed E-state index contributed by atoms with van der Waals surface area (Å²) in [6, 6.07) is 9.21. The van der Waals surface area contributed by atoms with Gasteiger partial charge in [0, 0.05) is 15.9 Å². The van der Waals surface area contributed by atoms with Gasteiger partial charge in [0.15, 0.2) is 5.76 Å². The molecule has 0 aliphatic heterocycles. The number of hydrogen-bond acceptors (Lipinski definition) is 5. The van der Waals surface area contributed by atoms with Gasteiger partial charge in [-0.05, 0) is 42.8 Å². The third kappa shape index (κ3) is 3.58. The fourth-order valence-corrected chi connectivity index (χ4v) is 4.50. The first-order chi connectivity index (χ1) is 12.2. The van der Waals surface area contributed by atoms with Crippen molar-refractivity contribution in [1.29, 1.82) is 0 Å². The second-order valence-electron chi connectivity index (χ2n) is 5.48. The van der Waals surface area contributed by atoms with Gasteiger partial charge >= 0.3 is 5.91 Å². The lowest BCUT2D eigenvalue weighted by molar-refractivity contribution is 0.0956. The Morgan fingerprint density at radius 3 is 2.65 bits per heavy atom. The second kappa shape index (κ2) is 6.94. The predicted molar refractivity (Wildman–Crippen MR) is 101 cm³/mol. The van der Waals surface area contributed by atoms with Crippen molar-refractivity contribution in [1.82, 2.24) is 4.72 Å². The van der Waals surface area contributed by atoms with Gasteiger partial charge in [0.05, 0.1) is 12.1 Å². The molecule has 0 unspecified atom stereocenters. The summed E-state index contributed by atoms with van der Waals surface area (Å²) >= 11 is 9.32. The van der Waals surface area contributed by atoms with Gasteiger partial charge in [-0.15, -0.1) is 0 Å². The Hall–Kier alpha value is -2.03. The number of carbonyl (C=O) groups is 1. The van der Waals surface area contributed by atoms with Crippen molar-refractivity contribution >= 4 is 54.4 Å². The molecule has 1 N–H and O–H groups in total. The lowest BCUT2D eigenvalue weighted by Gasteiger charge is -2.09. The average molecular weight is 459 g/mol. The third-order valence-corrected chi connectivity index (χ3v) is 5.92. The zero-order valence-corrected chi connectivity index (χ0v) is 16.8. The van der Waals surface area contributed by atoms with Crippen LogP contribution in [0.3, 0.4) is 0 Å². The van der Waals surface area contributed by atoms with Gasteiger partial charge in [-0.3, -0.25) is 4.79 Å². The minimum absolute atomic E-state index is 0.0320. The number of halogens is 2. The third-order valence-electron chi connectivity index (χ3n) is 3.65. The summed E-state index contributed by atoms with van der Waals surface area (Å²) in [5, 5.41) is 0.648. The van der Waals surface area contributed by atoms with Crippen molar-refractivity contribution in [2.75, 3.05) is 7.11 Å². The molecule has 3 aromatic rings. The van der Waals surface area contributed by atoms with E-state index >= 15 is 0 Å². The number of benzene rings is 2. The van der Waals surface area contributed by atoms with Gasteiger partial charge in [-0.1, -0.05) is 27.5 Å². The lowest BCUT2D eigenvalue weighted by atomic mass is 10.2. The molecule has 0 radical (unpaired) electrons. The highest BCUT2D eigenvalue weighted by Gasteiger charge is 2.24. The molecule has 0 spiro atoms. The van der Waals surface area contributed by atoms with Crippen LogP contribution in [0.4, 0.5) is 0 Å². The fraction of sp³-hybridized carbons (Fsp3) is 0.118. The number of amides is 1. The molecule has 0 aliphatic rings. The van der Waals surface area contributed by atoms with Crippen molar-refractivity contribution in [2.45, 2.75) is 11.8 Å². The highest BCUT2D eigenvalue weighted by Crippen LogP contribution is 2.28. The van der Waals surface area contributed by atoms with Crippen LogP contribution >= 0.6 is 27.5 Å². The van der Waals surface area contributed by atoms with Crippen molar-refractivity contribution in [3.8, 4) is 5.75 Å². The number of methoxy groups -OCH3 is 1. The number of nitrogens with one attached hydrogen (secondary N) is 1. The fourth-order valence-electron chi connectivity index (χ4n) is 2.44. The van der Waals surface area contributed by atoms with E-state index in [0.29, 0.717) is 16.7 Å². The summed E-state index contributed by atoms with van der Waals surface area (Å²) in [6.07, 6.45) is 0. The lowest BCUT2D eigenvalue weighted by Crippen LogP contribution is -2.30. The molecule has 0 saturated carbocycles. The van der Waals surface area contributed by atoms with Crippen molar-refractivity contribution in [2.24, 2.45) is 0 Å². The Kier molecular flexibility index (Phi) is 5.01. The van der Waals surface area contributed by atoms with Gasteiger partial charge in [0.2, 0.25) is 0 Å². The van der Waals surface area contributed by atoms with Crippen LogP contribution in [-0.2, 0) is 10.0 Å². The van der Waals surface area contributed by atoms with Crippen LogP contribution in [-0.4, -0.2) is 21.4 Å². The number of ether oxygens (including phenoxy) is 1. The topological polar surface area (TPSA) is 85.6 Å². The van der Waals surface area contributed by atoms with Gasteiger partial charge in [0.25, 0.3) is 10.0 Å².